The van der Waals surface area contributed by atoms with Gasteiger partial charge in [0.25, 0.3) is 5.78 Å². The van der Waals surface area contributed by atoms with Crippen LogP contribution in [0, 0.1) is 13.8 Å². The molecule has 3 aromatic heterocycles. The molecule has 10 nitrogen and oxygen atoms in total. The summed E-state index contributed by atoms with van der Waals surface area (Å²) in [5, 5.41) is 11.7. The molecule has 198 valence electrons. The third-order valence-electron chi connectivity index (χ3n) is 6.31. The molecule has 1 unspecified atom stereocenters. The van der Waals surface area contributed by atoms with Gasteiger partial charge in [-0.1, -0.05) is 42.2 Å². The van der Waals surface area contributed by atoms with Crippen LogP contribution in [-0.4, -0.2) is 50.9 Å². The van der Waals surface area contributed by atoms with Crippen molar-refractivity contribution in [2.75, 3.05) is 18.6 Å². The minimum atomic E-state index is -1.04. The second-order valence-electron chi connectivity index (χ2n) is 8.72. The summed E-state index contributed by atoms with van der Waals surface area (Å²) in [7, 11) is 1.53. The number of nitrogens with zero attached hydrogens (tertiary/aromatic N) is 4. The highest BCUT2D eigenvalue weighted by Gasteiger charge is 2.49. The van der Waals surface area contributed by atoms with Crippen molar-refractivity contribution in [2.24, 2.45) is 0 Å². The van der Waals surface area contributed by atoms with Gasteiger partial charge in [-0.05, 0) is 43.7 Å². The molecule has 39 heavy (non-hydrogen) atoms. The van der Waals surface area contributed by atoms with Crippen molar-refractivity contribution in [3.63, 3.8) is 0 Å². The van der Waals surface area contributed by atoms with Crippen LogP contribution in [-0.2, 0) is 14.3 Å². The Hall–Kier alpha value is -4.77. The first-order chi connectivity index (χ1) is 18.8. The summed E-state index contributed by atoms with van der Waals surface area (Å²) in [5.41, 5.74) is 2.11. The number of pyridine rings is 1. The Bertz CT molecular complexity index is 1670. The molecule has 0 aliphatic carbocycles. The molecule has 1 saturated heterocycles. The van der Waals surface area contributed by atoms with Crippen molar-refractivity contribution in [2.45, 2.75) is 19.9 Å². The van der Waals surface area contributed by atoms with E-state index in [0.717, 1.165) is 11.3 Å². The lowest BCUT2D eigenvalue weighted by molar-refractivity contribution is -0.132. The molecule has 1 amide bonds. The number of esters is 1. The van der Waals surface area contributed by atoms with E-state index in [1.54, 1.807) is 60.8 Å². The van der Waals surface area contributed by atoms with Crippen LogP contribution >= 0.6 is 11.3 Å². The maximum Gasteiger partial charge on any atom is 0.350 e. The fourth-order valence-corrected chi connectivity index (χ4v) is 5.52. The maximum atomic E-state index is 13.6. The van der Waals surface area contributed by atoms with E-state index in [1.807, 2.05) is 6.07 Å². The number of hydrogen-bond acceptors (Lipinski definition) is 9. The second kappa shape index (κ2) is 10.2. The van der Waals surface area contributed by atoms with Gasteiger partial charge in [-0.3, -0.25) is 18.9 Å². The molecule has 1 fully saturated rings. The molecule has 1 N–H and O–H groups in total. The van der Waals surface area contributed by atoms with Gasteiger partial charge < -0.3 is 14.6 Å². The SMILES string of the molecule is C=CCOC(=O)c1sc(N2C(=O)C(=O)C(=C(O)c3c(C)nc4ccccn34)C2c2ccc(OC)cc2)nc1C. The van der Waals surface area contributed by atoms with Crippen LogP contribution in [0.2, 0.25) is 0 Å². The van der Waals surface area contributed by atoms with Gasteiger partial charge in [0.2, 0.25) is 0 Å². The number of hydrogen-bond donors (Lipinski definition) is 1. The van der Waals surface area contributed by atoms with Crippen LogP contribution in [0.5, 0.6) is 5.75 Å². The zero-order valence-electron chi connectivity index (χ0n) is 21.4. The highest BCUT2D eigenvalue weighted by molar-refractivity contribution is 7.17. The number of ketones is 1. The molecule has 1 aromatic carbocycles. The van der Waals surface area contributed by atoms with E-state index in [0.29, 0.717) is 34.0 Å². The average molecular weight is 545 g/mol. The van der Waals surface area contributed by atoms with Crippen molar-refractivity contribution < 1.29 is 29.0 Å². The fraction of sp³-hybridized carbons (Fsp3) is 0.179. The van der Waals surface area contributed by atoms with Crippen LogP contribution in [0.15, 0.2) is 66.9 Å². The number of aliphatic hydroxyl groups is 1. The zero-order valence-corrected chi connectivity index (χ0v) is 22.2. The number of ether oxygens (including phenoxy) is 2. The molecule has 11 heteroatoms. The van der Waals surface area contributed by atoms with E-state index in [-0.39, 0.29) is 27.9 Å². The highest BCUT2D eigenvalue weighted by atomic mass is 32.1. The summed E-state index contributed by atoms with van der Waals surface area (Å²) in [6.45, 7) is 6.88. The summed E-state index contributed by atoms with van der Waals surface area (Å²) >= 11 is 0.931. The Balaban J connectivity index is 1.71. The van der Waals surface area contributed by atoms with E-state index >= 15 is 0 Å². The van der Waals surface area contributed by atoms with Crippen LogP contribution in [0.1, 0.15) is 38.4 Å². The van der Waals surface area contributed by atoms with Gasteiger partial charge in [-0.15, -0.1) is 0 Å². The van der Waals surface area contributed by atoms with E-state index in [4.69, 9.17) is 9.47 Å². The van der Waals surface area contributed by atoms with Gasteiger partial charge in [0.15, 0.2) is 10.9 Å². The third kappa shape index (κ3) is 4.36. The third-order valence-corrected chi connectivity index (χ3v) is 7.45. The molecule has 4 heterocycles. The molecule has 1 aliphatic rings. The maximum absolute atomic E-state index is 13.6. The van der Waals surface area contributed by atoms with Crippen molar-refractivity contribution in [3.8, 4) is 5.75 Å². The molecule has 5 rings (SSSR count). The van der Waals surface area contributed by atoms with E-state index in [1.165, 1.54) is 18.1 Å². The van der Waals surface area contributed by atoms with Crippen molar-refractivity contribution in [1.29, 1.82) is 0 Å². The Labute approximate surface area is 227 Å². The van der Waals surface area contributed by atoms with Gasteiger partial charge in [0.1, 0.15) is 28.6 Å². The van der Waals surface area contributed by atoms with E-state index in [2.05, 4.69) is 16.5 Å². The summed E-state index contributed by atoms with van der Waals surface area (Å²) < 4.78 is 12.1. The summed E-state index contributed by atoms with van der Waals surface area (Å²) in [6.07, 6.45) is 3.16. The Kier molecular flexibility index (Phi) is 6.75. The molecular formula is C28H24N4O6S. The Morgan fingerprint density at radius 3 is 2.56 bits per heavy atom. The lowest BCUT2D eigenvalue weighted by Crippen LogP contribution is -2.29. The summed E-state index contributed by atoms with van der Waals surface area (Å²) in [6, 6.07) is 11.1. The predicted octanol–water partition coefficient (Wildman–Crippen LogP) is 4.39. The number of rotatable bonds is 7. The topological polar surface area (TPSA) is 123 Å². The molecule has 0 radical (unpaired) electrons. The van der Waals surface area contributed by atoms with Crippen molar-refractivity contribution >= 4 is 45.5 Å². The number of thiazole rings is 1. The Morgan fingerprint density at radius 1 is 1.13 bits per heavy atom. The first kappa shape index (κ1) is 25.9. The number of carbonyl (C=O) groups excluding carboxylic acids is 3. The van der Waals surface area contributed by atoms with Gasteiger partial charge in [-0.25, -0.2) is 14.8 Å². The fourth-order valence-electron chi connectivity index (χ4n) is 4.53. The van der Waals surface area contributed by atoms with Crippen LogP contribution in [0.3, 0.4) is 0 Å². The van der Waals surface area contributed by atoms with Crippen LogP contribution in [0.4, 0.5) is 5.13 Å². The number of aromatic nitrogens is 3. The number of aryl methyl sites for hydroxylation is 2. The molecule has 1 atom stereocenters. The first-order valence-corrected chi connectivity index (χ1v) is 12.7. The average Bonchev–Trinajstić information content (AvgIpc) is 3.57. The number of amides is 1. The number of carbonyl (C=O) groups is 3. The molecule has 0 spiro atoms. The summed E-state index contributed by atoms with van der Waals surface area (Å²) in [5.74, 6) is -2.18. The quantitative estimate of drug-likeness (QED) is 0.120. The van der Waals surface area contributed by atoms with Crippen LogP contribution < -0.4 is 9.64 Å². The number of benzene rings is 1. The number of Topliss-reactive ketones (excluding diaryl/α,β-unsaturated/α-hetero) is 1. The molecular weight excluding hydrogens is 520 g/mol. The number of anilines is 1. The smallest absolute Gasteiger partial charge is 0.350 e. The predicted molar refractivity (Wildman–Crippen MR) is 145 cm³/mol. The van der Waals surface area contributed by atoms with Gasteiger partial charge in [-0.2, -0.15) is 0 Å². The molecule has 4 aromatic rings. The Morgan fingerprint density at radius 2 is 1.87 bits per heavy atom. The van der Waals surface area contributed by atoms with Crippen molar-refractivity contribution in [3.05, 3.63) is 94.4 Å². The molecule has 1 aliphatic heterocycles. The van der Waals surface area contributed by atoms with Crippen LogP contribution in [0.25, 0.3) is 11.4 Å². The van der Waals surface area contributed by atoms with Crippen molar-refractivity contribution in [1.82, 2.24) is 14.4 Å². The lowest BCUT2D eigenvalue weighted by atomic mass is 9.96. The van der Waals surface area contributed by atoms with Gasteiger partial charge in [0, 0.05) is 6.20 Å². The number of imidazole rings is 1. The largest absolute Gasteiger partial charge is 0.505 e. The monoisotopic (exact) mass is 544 g/mol. The van der Waals surface area contributed by atoms with Gasteiger partial charge in [0.05, 0.1) is 30.1 Å². The highest BCUT2D eigenvalue weighted by Crippen LogP contribution is 2.44. The summed E-state index contributed by atoms with van der Waals surface area (Å²) in [4.78, 5) is 50.0. The standard InChI is InChI=1S/C28H24N4O6S/c1-5-14-38-27(36)25-16(3)30-28(39-25)32-22(17-9-11-18(37-4)12-10-17)20(24(34)26(32)35)23(33)21-15(2)29-19-8-6-7-13-31(19)21/h5-13,22,33H,1,14H2,2-4H3. The van der Waals surface area contributed by atoms with E-state index < -0.39 is 23.7 Å². The molecule has 0 saturated carbocycles. The van der Waals surface area contributed by atoms with E-state index in [9.17, 15) is 19.5 Å². The number of aliphatic hydroxyl groups excluding tert-OH is 1. The minimum Gasteiger partial charge on any atom is -0.505 e. The minimum absolute atomic E-state index is 0.0144. The second-order valence-corrected chi connectivity index (χ2v) is 9.69. The number of methoxy groups -OCH3 is 1. The first-order valence-electron chi connectivity index (χ1n) is 11.9. The lowest BCUT2D eigenvalue weighted by Gasteiger charge is -2.23. The normalized spacial score (nSPS) is 16.6. The number of fused-ring (bicyclic) bond motifs is 1. The zero-order chi connectivity index (χ0) is 27.8. The molecule has 0 bridgehead atoms. The van der Waals surface area contributed by atoms with Gasteiger partial charge >= 0.3 is 11.9 Å².